The van der Waals surface area contributed by atoms with Crippen LogP contribution in [-0.4, -0.2) is 64.7 Å². The Hall–Kier alpha value is -3.21. The van der Waals surface area contributed by atoms with Crippen LogP contribution >= 0.6 is 11.8 Å². The van der Waals surface area contributed by atoms with E-state index < -0.39 is 10.0 Å². The Morgan fingerprint density at radius 3 is 2.50 bits per heavy atom. The fourth-order valence-electron chi connectivity index (χ4n) is 3.95. The molecular weight excluding hydrogens is 470 g/mol. The zero-order chi connectivity index (χ0) is 23.5. The summed E-state index contributed by atoms with van der Waals surface area (Å²) in [7, 11) is -3.62. The van der Waals surface area contributed by atoms with Crippen LogP contribution in [0.5, 0.6) is 0 Å². The van der Waals surface area contributed by atoms with Gasteiger partial charge < -0.3 is 9.88 Å². The molecule has 1 amide bonds. The molecule has 2 aromatic heterocycles. The largest absolute Gasteiger partial charge is 0.336 e. The minimum Gasteiger partial charge on any atom is -0.336 e. The molecular formula is C24H23N5O3S2. The van der Waals surface area contributed by atoms with E-state index in [1.807, 2.05) is 48.5 Å². The molecule has 174 valence electrons. The molecule has 0 radical (unpaired) electrons. The molecule has 1 aliphatic heterocycles. The Kier molecular flexibility index (Phi) is 6.36. The van der Waals surface area contributed by atoms with Gasteiger partial charge in [-0.1, -0.05) is 42.1 Å². The maximum Gasteiger partial charge on any atom is 0.254 e. The Labute approximate surface area is 202 Å². The summed E-state index contributed by atoms with van der Waals surface area (Å²) in [6.45, 7) is 1.17. The second-order valence-corrected chi connectivity index (χ2v) is 10.8. The van der Waals surface area contributed by atoms with Crippen molar-refractivity contribution in [1.29, 1.82) is 0 Å². The van der Waals surface area contributed by atoms with E-state index in [1.165, 1.54) is 16.6 Å². The number of hydrogen-bond donors (Lipinski definition) is 1. The monoisotopic (exact) mass is 493 g/mol. The van der Waals surface area contributed by atoms with Gasteiger partial charge in [-0.15, -0.1) is 0 Å². The van der Waals surface area contributed by atoms with Crippen molar-refractivity contribution in [1.82, 2.24) is 24.2 Å². The number of nitrogens with zero attached hydrogens (tertiary/aromatic N) is 4. The van der Waals surface area contributed by atoms with Crippen molar-refractivity contribution in [2.45, 2.75) is 15.8 Å². The van der Waals surface area contributed by atoms with Gasteiger partial charge in [0.25, 0.3) is 5.91 Å². The van der Waals surface area contributed by atoms with Gasteiger partial charge in [0.2, 0.25) is 10.0 Å². The number of sulfonamides is 1. The minimum absolute atomic E-state index is 0.0840. The molecule has 0 bridgehead atoms. The molecule has 2 aromatic carbocycles. The number of H-pyrrole nitrogens is 1. The number of fused-ring (bicyclic) bond motifs is 1. The Morgan fingerprint density at radius 1 is 0.971 bits per heavy atom. The van der Waals surface area contributed by atoms with Crippen molar-refractivity contribution >= 4 is 38.7 Å². The molecule has 1 N–H and O–H groups in total. The van der Waals surface area contributed by atoms with Gasteiger partial charge in [-0.05, 0) is 35.9 Å². The van der Waals surface area contributed by atoms with E-state index in [-0.39, 0.29) is 23.9 Å². The van der Waals surface area contributed by atoms with Crippen LogP contribution in [0.15, 0.2) is 83.1 Å². The van der Waals surface area contributed by atoms with Gasteiger partial charge in [-0.3, -0.25) is 9.78 Å². The number of carbonyl (C=O) groups excluding carboxylic acids is 1. The summed E-state index contributed by atoms with van der Waals surface area (Å²) >= 11 is 1.55. The summed E-state index contributed by atoms with van der Waals surface area (Å²) in [6.07, 6.45) is 2.89. The molecule has 1 aliphatic rings. The molecule has 0 spiro atoms. The van der Waals surface area contributed by atoms with E-state index >= 15 is 0 Å². The smallest absolute Gasteiger partial charge is 0.254 e. The molecule has 10 heteroatoms. The Balaban J connectivity index is 1.26. The van der Waals surface area contributed by atoms with Gasteiger partial charge in [0.05, 0.1) is 11.0 Å². The summed E-state index contributed by atoms with van der Waals surface area (Å²) in [4.78, 5) is 27.0. The Bertz CT molecular complexity index is 1380. The normalized spacial score (nSPS) is 15.0. The zero-order valence-corrected chi connectivity index (χ0v) is 19.9. The molecule has 3 heterocycles. The number of amides is 1. The molecule has 8 nitrogen and oxygen atoms in total. The molecule has 0 aliphatic carbocycles. The van der Waals surface area contributed by atoms with E-state index in [0.29, 0.717) is 24.4 Å². The van der Waals surface area contributed by atoms with Gasteiger partial charge in [-0.2, -0.15) is 4.31 Å². The van der Waals surface area contributed by atoms with Crippen molar-refractivity contribution in [3.63, 3.8) is 0 Å². The van der Waals surface area contributed by atoms with Gasteiger partial charge >= 0.3 is 0 Å². The molecule has 0 atom stereocenters. The van der Waals surface area contributed by atoms with E-state index in [1.54, 1.807) is 28.9 Å². The number of carbonyl (C=O) groups is 1. The maximum absolute atomic E-state index is 13.3. The lowest BCUT2D eigenvalue weighted by Gasteiger charge is -2.34. The van der Waals surface area contributed by atoms with Crippen LogP contribution in [0.3, 0.4) is 0 Å². The lowest BCUT2D eigenvalue weighted by atomic mass is 10.1. The number of aromatic amines is 1. The first-order valence-electron chi connectivity index (χ1n) is 10.9. The van der Waals surface area contributed by atoms with Crippen molar-refractivity contribution < 1.29 is 13.2 Å². The van der Waals surface area contributed by atoms with Crippen LogP contribution in [0.4, 0.5) is 0 Å². The maximum atomic E-state index is 13.3. The number of thioether (sulfide) groups is 1. The molecule has 4 aromatic rings. The highest BCUT2D eigenvalue weighted by Gasteiger charge is 2.31. The molecule has 1 fully saturated rings. The number of rotatable bonds is 6. The number of piperazine rings is 1. The molecule has 5 rings (SSSR count). The van der Waals surface area contributed by atoms with Gasteiger partial charge in [0, 0.05) is 49.9 Å². The molecule has 1 saturated heterocycles. The van der Waals surface area contributed by atoms with Crippen LogP contribution in [-0.2, 0) is 15.8 Å². The Morgan fingerprint density at radius 2 is 1.74 bits per heavy atom. The number of nitrogens with one attached hydrogen (secondary N) is 1. The SMILES string of the molecule is O=C(c1ccccc1CSc1nc2ccccc2[nH]1)N1CCN(S(=O)(=O)c2cccnc2)CC1. The van der Waals surface area contributed by atoms with Crippen molar-refractivity contribution in [2.24, 2.45) is 0 Å². The quantitative estimate of drug-likeness (QED) is 0.414. The molecule has 0 saturated carbocycles. The number of hydrogen-bond acceptors (Lipinski definition) is 6. The van der Waals surface area contributed by atoms with Crippen LogP contribution < -0.4 is 0 Å². The van der Waals surface area contributed by atoms with Crippen LogP contribution in [0.25, 0.3) is 11.0 Å². The van der Waals surface area contributed by atoms with Crippen molar-refractivity contribution in [3.8, 4) is 0 Å². The summed E-state index contributed by atoms with van der Waals surface area (Å²) in [6, 6.07) is 18.6. The zero-order valence-electron chi connectivity index (χ0n) is 18.3. The van der Waals surface area contributed by atoms with Crippen LogP contribution in [0.1, 0.15) is 15.9 Å². The summed E-state index contributed by atoms with van der Waals surface area (Å²) in [5.74, 6) is 0.510. The second kappa shape index (κ2) is 9.57. The number of benzene rings is 2. The lowest BCUT2D eigenvalue weighted by molar-refractivity contribution is 0.0697. The highest BCUT2D eigenvalue weighted by molar-refractivity contribution is 7.98. The fourth-order valence-corrected chi connectivity index (χ4v) is 6.23. The van der Waals surface area contributed by atoms with Crippen molar-refractivity contribution in [3.05, 3.63) is 84.2 Å². The second-order valence-electron chi connectivity index (χ2n) is 7.89. The highest BCUT2D eigenvalue weighted by atomic mass is 32.2. The summed E-state index contributed by atoms with van der Waals surface area (Å²) in [5, 5.41) is 0.803. The van der Waals surface area contributed by atoms with E-state index in [0.717, 1.165) is 21.8 Å². The van der Waals surface area contributed by atoms with Crippen LogP contribution in [0.2, 0.25) is 0 Å². The third-order valence-corrected chi connectivity index (χ3v) is 8.58. The third kappa shape index (κ3) is 4.56. The number of aromatic nitrogens is 3. The standard InChI is InChI=1S/C24H23N5O3S2/c30-23(28-12-14-29(15-13-28)34(31,32)19-7-5-11-25-16-19)20-8-2-1-6-18(20)17-33-24-26-21-9-3-4-10-22(21)27-24/h1-11,16H,12-15,17H2,(H,26,27). The molecule has 34 heavy (non-hydrogen) atoms. The highest BCUT2D eigenvalue weighted by Crippen LogP contribution is 2.26. The minimum atomic E-state index is -3.62. The first-order valence-corrected chi connectivity index (χ1v) is 13.3. The third-order valence-electron chi connectivity index (χ3n) is 5.78. The van der Waals surface area contributed by atoms with E-state index in [4.69, 9.17) is 0 Å². The van der Waals surface area contributed by atoms with E-state index in [2.05, 4.69) is 15.0 Å². The predicted molar refractivity (Wildman–Crippen MR) is 131 cm³/mol. The average molecular weight is 494 g/mol. The number of imidazole rings is 1. The van der Waals surface area contributed by atoms with Crippen molar-refractivity contribution in [2.75, 3.05) is 26.2 Å². The number of pyridine rings is 1. The first kappa shape index (κ1) is 22.6. The first-order chi connectivity index (χ1) is 16.5. The lowest BCUT2D eigenvalue weighted by Crippen LogP contribution is -2.50. The number of para-hydroxylation sites is 2. The average Bonchev–Trinajstić information content (AvgIpc) is 3.31. The topological polar surface area (TPSA) is 99.3 Å². The van der Waals surface area contributed by atoms with Gasteiger partial charge in [-0.25, -0.2) is 13.4 Å². The van der Waals surface area contributed by atoms with Gasteiger partial charge in [0.15, 0.2) is 5.16 Å². The summed E-state index contributed by atoms with van der Waals surface area (Å²) in [5.41, 5.74) is 3.44. The van der Waals surface area contributed by atoms with E-state index in [9.17, 15) is 13.2 Å². The predicted octanol–water partition coefficient (Wildman–Crippen LogP) is 3.40. The fraction of sp³-hybridized carbons (Fsp3) is 0.208. The summed E-state index contributed by atoms with van der Waals surface area (Å²) < 4.78 is 27.1. The molecule has 0 unspecified atom stereocenters. The van der Waals surface area contributed by atoms with Crippen LogP contribution in [0, 0.1) is 0 Å². The van der Waals surface area contributed by atoms with Gasteiger partial charge in [0.1, 0.15) is 4.90 Å².